The third kappa shape index (κ3) is 7.14. The Hall–Kier alpha value is -4.00. The minimum absolute atomic E-state index is 0.140. The van der Waals surface area contributed by atoms with E-state index >= 15 is 0 Å². The first-order chi connectivity index (χ1) is 18.2. The lowest BCUT2D eigenvalue weighted by molar-refractivity contribution is -0.274. The van der Waals surface area contributed by atoms with Crippen molar-refractivity contribution in [3.8, 4) is 23.1 Å². The molecule has 40 heavy (non-hydrogen) atoms. The Kier molecular flexibility index (Phi) is 8.04. The van der Waals surface area contributed by atoms with Gasteiger partial charge in [-0.25, -0.2) is 0 Å². The molecule has 0 saturated heterocycles. The minimum Gasteiger partial charge on any atom is -0.406 e. The molecule has 3 rings (SSSR count). The Bertz CT molecular complexity index is 1470. The lowest BCUT2D eigenvalue weighted by atomic mass is 9.82. The van der Waals surface area contributed by atoms with Crippen LogP contribution in [0.15, 0.2) is 42.5 Å². The van der Waals surface area contributed by atoms with E-state index in [4.69, 9.17) is 0 Å². The molecule has 10 heteroatoms. The summed E-state index contributed by atoms with van der Waals surface area (Å²) in [5, 5.41) is 16.7. The van der Waals surface area contributed by atoms with Gasteiger partial charge in [-0.05, 0) is 103 Å². The number of carbonyl (C=O) groups is 2. The Morgan fingerprint density at radius 3 is 1.98 bits per heavy atom. The number of nitrogens with zero attached hydrogens (tertiary/aromatic N) is 2. The average molecular weight is 557 g/mol. The van der Waals surface area contributed by atoms with Gasteiger partial charge < -0.3 is 19.9 Å². The van der Waals surface area contributed by atoms with Crippen molar-refractivity contribution in [2.75, 3.05) is 0 Å². The highest BCUT2D eigenvalue weighted by Gasteiger charge is 2.34. The Labute approximate surface area is 232 Å². The van der Waals surface area contributed by atoms with Crippen molar-refractivity contribution in [3.05, 3.63) is 53.6 Å². The molecule has 2 aromatic carbocycles. The Morgan fingerprint density at radius 2 is 1.48 bits per heavy atom. The largest absolute Gasteiger partial charge is 0.573 e. The minimum atomic E-state index is -4.85. The highest BCUT2D eigenvalue weighted by molar-refractivity contribution is 5.98. The van der Waals surface area contributed by atoms with Crippen LogP contribution in [0.2, 0.25) is 0 Å². The number of fused-ring (bicyclic) bond motifs is 1. The van der Waals surface area contributed by atoms with Crippen molar-refractivity contribution >= 4 is 22.7 Å². The molecule has 0 radical (unpaired) electrons. The SMILES string of the molecule is CC(C)(C)NC(=O)Cn1c(-c2ccc(OC(F)(F)F)cc2)c(C#N)c2cc(C(C)(C)C(=O)NC(C)(C)C)ccc21. The van der Waals surface area contributed by atoms with Gasteiger partial charge in [-0.1, -0.05) is 6.07 Å². The number of nitrogens with one attached hydrogen (secondary N) is 2. The van der Waals surface area contributed by atoms with Gasteiger partial charge in [-0.2, -0.15) is 5.26 Å². The molecule has 0 saturated carbocycles. The number of aromatic nitrogens is 1. The molecule has 1 heterocycles. The molecule has 0 spiro atoms. The smallest absolute Gasteiger partial charge is 0.406 e. The van der Waals surface area contributed by atoms with E-state index in [0.717, 1.165) is 12.1 Å². The van der Waals surface area contributed by atoms with Crippen LogP contribution in [-0.2, 0) is 21.5 Å². The first-order valence-corrected chi connectivity index (χ1v) is 12.8. The maximum Gasteiger partial charge on any atom is 0.573 e. The van der Waals surface area contributed by atoms with Gasteiger partial charge >= 0.3 is 6.36 Å². The average Bonchev–Trinajstić information content (AvgIpc) is 3.08. The van der Waals surface area contributed by atoms with Crippen LogP contribution in [0.1, 0.15) is 66.5 Å². The van der Waals surface area contributed by atoms with E-state index in [0.29, 0.717) is 27.7 Å². The molecule has 0 aliphatic carbocycles. The maximum absolute atomic E-state index is 13.1. The van der Waals surface area contributed by atoms with E-state index in [1.807, 2.05) is 41.5 Å². The molecule has 2 N–H and O–H groups in total. The quantitative estimate of drug-likeness (QED) is 0.379. The standard InChI is InChI=1S/C30H35F3N4O3/c1-27(2,3)35-24(38)17-37-23-14-11-19(29(7,8)26(39)36-28(4,5)6)15-21(23)22(16-34)25(37)18-9-12-20(13-10-18)40-30(31,32)33/h9-15H,17H2,1-8H3,(H,35,38)(H,36,39). The van der Waals surface area contributed by atoms with Crippen LogP contribution in [0, 0.1) is 11.3 Å². The number of benzene rings is 2. The summed E-state index contributed by atoms with van der Waals surface area (Å²) < 4.78 is 43.8. The highest BCUT2D eigenvalue weighted by atomic mass is 19.4. The van der Waals surface area contributed by atoms with Crippen LogP contribution in [0.3, 0.4) is 0 Å². The van der Waals surface area contributed by atoms with Crippen molar-refractivity contribution in [1.82, 2.24) is 15.2 Å². The number of nitriles is 1. The summed E-state index contributed by atoms with van der Waals surface area (Å²) in [6.45, 7) is 14.6. The zero-order chi connectivity index (χ0) is 30.3. The zero-order valence-electron chi connectivity index (χ0n) is 24.0. The van der Waals surface area contributed by atoms with Gasteiger partial charge in [-0.15, -0.1) is 13.2 Å². The van der Waals surface area contributed by atoms with Crippen LogP contribution in [0.4, 0.5) is 13.2 Å². The number of alkyl halides is 3. The summed E-state index contributed by atoms with van der Waals surface area (Å²) in [5.41, 5.74) is 0.360. The molecule has 0 unspecified atom stereocenters. The highest BCUT2D eigenvalue weighted by Crippen LogP contribution is 2.37. The molecule has 2 amide bonds. The molecule has 0 aliphatic heterocycles. The second-order valence-corrected chi connectivity index (χ2v) is 12.4. The molecule has 0 aliphatic rings. The van der Waals surface area contributed by atoms with Gasteiger partial charge in [0.2, 0.25) is 11.8 Å². The molecule has 7 nitrogen and oxygen atoms in total. The van der Waals surface area contributed by atoms with E-state index in [-0.39, 0.29) is 23.9 Å². The number of hydrogen-bond acceptors (Lipinski definition) is 4. The molecule has 1 aromatic heterocycles. The fraction of sp³-hybridized carbons (Fsp3) is 0.433. The van der Waals surface area contributed by atoms with Crippen molar-refractivity contribution in [1.29, 1.82) is 5.26 Å². The Morgan fingerprint density at radius 1 is 0.900 bits per heavy atom. The van der Waals surface area contributed by atoms with Gasteiger partial charge in [0.25, 0.3) is 0 Å². The van der Waals surface area contributed by atoms with E-state index in [1.54, 1.807) is 36.6 Å². The summed E-state index contributed by atoms with van der Waals surface area (Å²) in [6, 6.07) is 12.7. The number of carbonyl (C=O) groups excluding carboxylic acids is 2. The molecule has 0 bridgehead atoms. The normalized spacial score (nSPS) is 12.7. The van der Waals surface area contributed by atoms with Crippen molar-refractivity contribution < 1.29 is 27.5 Å². The molecule has 214 valence electrons. The van der Waals surface area contributed by atoms with Crippen LogP contribution in [0.5, 0.6) is 5.75 Å². The summed E-state index contributed by atoms with van der Waals surface area (Å²) in [5.74, 6) is -0.903. The first kappa shape index (κ1) is 30.5. The monoisotopic (exact) mass is 556 g/mol. The summed E-state index contributed by atoms with van der Waals surface area (Å²) in [6.07, 6.45) is -4.85. The lowest BCUT2D eigenvalue weighted by Crippen LogP contribution is -2.48. The number of ether oxygens (including phenoxy) is 1. The summed E-state index contributed by atoms with van der Waals surface area (Å²) >= 11 is 0. The molecular weight excluding hydrogens is 521 g/mol. The molecule has 0 atom stereocenters. The van der Waals surface area contributed by atoms with Gasteiger partial charge in [-0.3, -0.25) is 9.59 Å². The van der Waals surface area contributed by atoms with Crippen LogP contribution < -0.4 is 15.4 Å². The number of halogens is 3. The van der Waals surface area contributed by atoms with Crippen molar-refractivity contribution in [2.45, 2.75) is 84.8 Å². The van der Waals surface area contributed by atoms with E-state index in [2.05, 4.69) is 21.4 Å². The van der Waals surface area contributed by atoms with Gasteiger partial charge in [0, 0.05) is 16.5 Å². The summed E-state index contributed by atoms with van der Waals surface area (Å²) in [4.78, 5) is 26.1. The topological polar surface area (TPSA) is 96.2 Å². The van der Waals surface area contributed by atoms with E-state index < -0.39 is 28.6 Å². The van der Waals surface area contributed by atoms with E-state index in [9.17, 15) is 28.0 Å². The number of hydrogen-bond donors (Lipinski definition) is 2. The second kappa shape index (κ2) is 10.5. The van der Waals surface area contributed by atoms with Crippen LogP contribution >= 0.6 is 0 Å². The molecule has 3 aromatic rings. The zero-order valence-corrected chi connectivity index (χ0v) is 24.0. The molecule has 0 fully saturated rings. The van der Waals surface area contributed by atoms with Crippen molar-refractivity contribution in [3.63, 3.8) is 0 Å². The predicted octanol–water partition coefficient (Wildman–Crippen LogP) is 6.19. The number of rotatable bonds is 6. The molecular formula is C30H35F3N4O3. The van der Waals surface area contributed by atoms with Gasteiger partial charge in [0.1, 0.15) is 18.4 Å². The third-order valence-electron chi connectivity index (χ3n) is 6.13. The predicted molar refractivity (Wildman–Crippen MR) is 148 cm³/mol. The van der Waals surface area contributed by atoms with Crippen molar-refractivity contribution in [2.24, 2.45) is 0 Å². The Balaban J connectivity index is 2.22. The lowest BCUT2D eigenvalue weighted by Gasteiger charge is -2.30. The second-order valence-electron chi connectivity index (χ2n) is 12.4. The van der Waals surface area contributed by atoms with Crippen LogP contribution in [0.25, 0.3) is 22.2 Å². The van der Waals surface area contributed by atoms with E-state index in [1.165, 1.54) is 12.1 Å². The number of amides is 2. The summed E-state index contributed by atoms with van der Waals surface area (Å²) in [7, 11) is 0. The fourth-order valence-corrected chi connectivity index (χ4v) is 4.36. The van der Waals surface area contributed by atoms with Gasteiger partial charge in [0.05, 0.1) is 22.2 Å². The van der Waals surface area contributed by atoms with Crippen LogP contribution in [-0.4, -0.2) is 33.8 Å². The van der Waals surface area contributed by atoms with Gasteiger partial charge in [0.15, 0.2) is 0 Å². The fourth-order valence-electron chi connectivity index (χ4n) is 4.36. The first-order valence-electron chi connectivity index (χ1n) is 12.8. The maximum atomic E-state index is 13.1. The third-order valence-corrected chi connectivity index (χ3v) is 6.13.